The summed E-state index contributed by atoms with van der Waals surface area (Å²) in [5.74, 6) is 0.0942. The van der Waals surface area contributed by atoms with E-state index in [9.17, 15) is 14.0 Å². The van der Waals surface area contributed by atoms with Gasteiger partial charge in [-0.05, 0) is 49.7 Å². The number of rotatable bonds is 9. The van der Waals surface area contributed by atoms with Crippen molar-refractivity contribution in [2.75, 3.05) is 18.9 Å². The van der Waals surface area contributed by atoms with Crippen molar-refractivity contribution in [3.8, 4) is 22.8 Å². The molecule has 0 unspecified atom stereocenters. The number of nitrogens with one attached hydrogen (secondary N) is 2. The molecule has 1 heterocycles. The number of ether oxygens (including phenoxy) is 1. The first-order valence-corrected chi connectivity index (χ1v) is 11.2. The van der Waals surface area contributed by atoms with Crippen LogP contribution in [0.5, 0.6) is 5.75 Å². The Labute approximate surface area is 189 Å². The minimum atomic E-state index is -0.553. The molecule has 168 valence electrons. The lowest BCUT2D eigenvalue weighted by molar-refractivity contribution is -0.117. The van der Waals surface area contributed by atoms with Gasteiger partial charge in [-0.15, -0.1) is 10.2 Å². The number of halogens is 1. The molecular formula is C22H24FN5O3S. The Morgan fingerprint density at radius 3 is 2.53 bits per heavy atom. The number of urea groups is 1. The molecule has 0 aliphatic heterocycles. The van der Waals surface area contributed by atoms with Crippen molar-refractivity contribution < 1.29 is 18.7 Å². The van der Waals surface area contributed by atoms with E-state index in [2.05, 4.69) is 20.8 Å². The number of amides is 3. The zero-order valence-corrected chi connectivity index (χ0v) is 18.6. The van der Waals surface area contributed by atoms with E-state index in [0.717, 1.165) is 18.2 Å². The summed E-state index contributed by atoms with van der Waals surface area (Å²) in [6.07, 6.45) is 0.760. The molecule has 0 bridgehead atoms. The number of hydrogen-bond acceptors (Lipinski definition) is 6. The number of carbonyl (C=O) groups is 2. The predicted octanol–water partition coefficient (Wildman–Crippen LogP) is 3.80. The van der Waals surface area contributed by atoms with Crippen molar-refractivity contribution in [1.82, 2.24) is 25.4 Å². The lowest BCUT2D eigenvalue weighted by Crippen LogP contribution is -2.40. The van der Waals surface area contributed by atoms with Gasteiger partial charge in [0.05, 0.1) is 18.0 Å². The van der Waals surface area contributed by atoms with E-state index in [1.165, 1.54) is 6.07 Å². The SMILES string of the molecule is CCCNC(=O)NC(=O)CSc1nnc(-c2ccc(OCC)cc2)n1-c1ccccc1F. The fraction of sp³-hybridized carbons (Fsp3) is 0.273. The monoisotopic (exact) mass is 457 g/mol. The average molecular weight is 458 g/mol. The van der Waals surface area contributed by atoms with E-state index in [4.69, 9.17) is 4.74 Å². The summed E-state index contributed by atoms with van der Waals surface area (Å²) in [7, 11) is 0. The number of carbonyl (C=O) groups excluding carboxylic acids is 2. The summed E-state index contributed by atoms with van der Waals surface area (Å²) in [6.45, 7) is 4.83. The van der Waals surface area contributed by atoms with Crippen LogP contribution in [-0.4, -0.2) is 45.6 Å². The second-order valence-electron chi connectivity index (χ2n) is 6.64. The van der Waals surface area contributed by atoms with Gasteiger partial charge >= 0.3 is 6.03 Å². The molecule has 0 aliphatic rings. The molecule has 3 rings (SSSR count). The largest absolute Gasteiger partial charge is 0.494 e. The first-order chi connectivity index (χ1) is 15.5. The second kappa shape index (κ2) is 11.3. The van der Waals surface area contributed by atoms with Crippen molar-refractivity contribution in [2.24, 2.45) is 0 Å². The molecule has 0 radical (unpaired) electrons. The van der Waals surface area contributed by atoms with Crippen molar-refractivity contribution >= 4 is 23.7 Å². The zero-order chi connectivity index (χ0) is 22.9. The van der Waals surface area contributed by atoms with E-state index >= 15 is 0 Å². The second-order valence-corrected chi connectivity index (χ2v) is 7.59. The van der Waals surface area contributed by atoms with Crippen molar-refractivity contribution in [2.45, 2.75) is 25.4 Å². The van der Waals surface area contributed by atoms with E-state index in [-0.39, 0.29) is 11.4 Å². The first-order valence-electron chi connectivity index (χ1n) is 10.2. The van der Waals surface area contributed by atoms with Gasteiger partial charge in [0, 0.05) is 12.1 Å². The molecule has 0 spiro atoms. The van der Waals surface area contributed by atoms with Gasteiger partial charge in [0.1, 0.15) is 11.6 Å². The first kappa shape index (κ1) is 23.3. The van der Waals surface area contributed by atoms with Gasteiger partial charge in [-0.2, -0.15) is 0 Å². The maximum absolute atomic E-state index is 14.6. The third-order valence-electron chi connectivity index (χ3n) is 4.27. The maximum Gasteiger partial charge on any atom is 0.321 e. The molecule has 0 saturated heterocycles. The van der Waals surface area contributed by atoms with Crippen LogP contribution in [0.25, 0.3) is 17.1 Å². The third-order valence-corrected chi connectivity index (χ3v) is 5.20. The van der Waals surface area contributed by atoms with Crippen LogP contribution in [0.4, 0.5) is 9.18 Å². The Kier molecular flexibility index (Phi) is 8.20. The summed E-state index contributed by atoms with van der Waals surface area (Å²) in [4.78, 5) is 23.8. The number of thioether (sulfide) groups is 1. The van der Waals surface area contributed by atoms with Crippen molar-refractivity contribution in [1.29, 1.82) is 0 Å². The van der Waals surface area contributed by atoms with Crippen LogP contribution in [0.15, 0.2) is 53.7 Å². The Balaban J connectivity index is 1.86. The molecule has 3 amide bonds. The highest BCUT2D eigenvalue weighted by molar-refractivity contribution is 7.99. The van der Waals surface area contributed by atoms with Gasteiger partial charge < -0.3 is 10.1 Å². The van der Waals surface area contributed by atoms with E-state index in [1.807, 2.05) is 26.0 Å². The van der Waals surface area contributed by atoms with Crippen LogP contribution >= 0.6 is 11.8 Å². The number of hydrogen-bond donors (Lipinski definition) is 2. The summed E-state index contributed by atoms with van der Waals surface area (Å²) < 4.78 is 21.7. The van der Waals surface area contributed by atoms with Crippen molar-refractivity contribution in [3.63, 3.8) is 0 Å². The summed E-state index contributed by atoms with van der Waals surface area (Å²) in [5.41, 5.74) is 0.962. The van der Waals surface area contributed by atoms with E-state index in [1.54, 1.807) is 34.9 Å². The molecule has 2 N–H and O–H groups in total. The van der Waals surface area contributed by atoms with Gasteiger partial charge in [0.2, 0.25) is 5.91 Å². The molecular weight excluding hydrogens is 433 g/mol. The number of nitrogens with zero attached hydrogens (tertiary/aromatic N) is 3. The standard InChI is InChI=1S/C22H24FN5O3S/c1-3-13-24-21(30)25-19(29)14-32-22-27-26-20(15-9-11-16(12-10-15)31-4-2)28(22)18-8-6-5-7-17(18)23/h5-12H,3-4,13-14H2,1-2H3,(H2,24,25,29,30). The molecule has 10 heteroatoms. The molecule has 3 aromatic rings. The molecule has 0 aliphatic carbocycles. The van der Waals surface area contributed by atoms with Crippen LogP contribution in [0.1, 0.15) is 20.3 Å². The number of aromatic nitrogens is 3. The van der Waals surface area contributed by atoms with Gasteiger partial charge in [0.15, 0.2) is 11.0 Å². The van der Waals surface area contributed by atoms with Crippen LogP contribution < -0.4 is 15.4 Å². The zero-order valence-electron chi connectivity index (χ0n) is 17.8. The lowest BCUT2D eigenvalue weighted by atomic mass is 10.2. The Bertz CT molecular complexity index is 1070. The summed E-state index contributed by atoms with van der Waals surface area (Å²) in [5, 5.41) is 13.6. The molecule has 2 aromatic carbocycles. The van der Waals surface area contributed by atoms with Crippen LogP contribution in [0.2, 0.25) is 0 Å². The van der Waals surface area contributed by atoms with Gasteiger partial charge in [-0.3, -0.25) is 14.7 Å². The number of imide groups is 1. The molecule has 0 saturated carbocycles. The quantitative estimate of drug-likeness (QED) is 0.475. The van der Waals surface area contributed by atoms with Crippen LogP contribution in [0.3, 0.4) is 0 Å². The molecule has 0 fully saturated rings. The highest BCUT2D eigenvalue weighted by atomic mass is 32.2. The third kappa shape index (κ3) is 5.85. The normalized spacial score (nSPS) is 10.6. The highest BCUT2D eigenvalue weighted by Crippen LogP contribution is 2.30. The smallest absolute Gasteiger partial charge is 0.321 e. The van der Waals surface area contributed by atoms with Crippen molar-refractivity contribution in [3.05, 3.63) is 54.3 Å². The lowest BCUT2D eigenvalue weighted by Gasteiger charge is -2.12. The highest BCUT2D eigenvalue weighted by Gasteiger charge is 2.20. The number of benzene rings is 2. The van der Waals surface area contributed by atoms with Crippen LogP contribution in [-0.2, 0) is 4.79 Å². The molecule has 1 aromatic heterocycles. The van der Waals surface area contributed by atoms with E-state index in [0.29, 0.717) is 35.4 Å². The maximum atomic E-state index is 14.6. The number of para-hydroxylation sites is 1. The fourth-order valence-electron chi connectivity index (χ4n) is 2.84. The minimum Gasteiger partial charge on any atom is -0.494 e. The Morgan fingerprint density at radius 1 is 1.09 bits per heavy atom. The molecule has 0 atom stereocenters. The summed E-state index contributed by atoms with van der Waals surface area (Å²) in [6, 6.07) is 12.9. The molecule has 32 heavy (non-hydrogen) atoms. The summed E-state index contributed by atoms with van der Waals surface area (Å²) >= 11 is 1.06. The molecule has 8 nitrogen and oxygen atoms in total. The van der Waals surface area contributed by atoms with Gasteiger partial charge in [-0.25, -0.2) is 9.18 Å². The van der Waals surface area contributed by atoms with Gasteiger partial charge in [0.25, 0.3) is 0 Å². The minimum absolute atomic E-state index is 0.0879. The predicted molar refractivity (Wildman–Crippen MR) is 120 cm³/mol. The van der Waals surface area contributed by atoms with E-state index < -0.39 is 17.8 Å². The fourth-order valence-corrected chi connectivity index (χ4v) is 3.59. The topological polar surface area (TPSA) is 98.1 Å². The van der Waals surface area contributed by atoms with Gasteiger partial charge in [-0.1, -0.05) is 30.8 Å². The average Bonchev–Trinajstić information content (AvgIpc) is 3.21. The Morgan fingerprint density at radius 2 is 1.84 bits per heavy atom. The Hall–Kier alpha value is -3.40. The van der Waals surface area contributed by atoms with Crippen LogP contribution in [0, 0.1) is 5.82 Å².